The van der Waals surface area contributed by atoms with Crippen LogP contribution in [0.3, 0.4) is 0 Å². The number of ether oxygens (including phenoxy) is 1. The summed E-state index contributed by atoms with van der Waals surface area (Å²) >= 11 is 0. The fourth-order valence-corrected chi connectivity index (χ4v) is 5.47. The highest BCUT2D eigenvalue weighted by Crippen LogP contribution is 2.53. The molecule has 1 unspecified atom stereocenters. The first-order valence-electron chi connectivity index (χ1n) is 11.8. The average molecular weight is 469 g/mol. The highest BCUT2D eigenvalue weighted by molar-refractivity contribution is 6.40. The van der Waals surface area contributed by atoms with Crippen molar-refractivity contribution < 1.29 is 34.3 Å². The Labute approximate surface area is 196 Å². The van der Waals surface area contributed by atoms with Gasteiger partial charge in [0.1, 0.15) is 17.2 Å². The maximum absolute atomic E-state index is 13.0. The molecule has 188 valence electrons. The van der Waals surface area contributed by atoms with Crippen molar-refractivity contribution in [1.29, 1.82) is 0 Å². The molecule has 0 aliphatic heterocycles. The lowest BCUT2D eigenvalue weighted by atomic mass is 9.75. The summed E-state index contributed by atoms with van der Waals surface area (Å²) in [5.74, 6) is -1.69. The Kier molecular flexibility index (Phi) is 8.81. The van der Waals surface area contributed by atoms with Gasteiger partial charge in [0, 0.05) is 6.04 Å². The van der Waals surface area contributed by atoms with Crippen LogP contribution in [0.1, 0.15) is 66.7 Å². The van der Waals surface area contributed by atoms with Crippen molar-refractivity contribution in [2.24, 2.45) is 29.4 Å². The number of hydrogen-bond donors (Lipinski definition) is 6. The smallest absolute Gasteiger partial charge is 0.451 e. The monoisotopic (exact) mass is 469 g/mol. The first kappa shape index (κ1) is 27.4. The molecule has 2 fully saturated rings. The Hall–Kier alpha value is -1.85. The van der Waals surface area contributed by atoms with Crippen LogP contribution in [0.25, 0.3) is 0 Å². The van der Waals surface area contributed by atoms with E-state index in [2.05, 4.69) is 10.6 Å². The van der Waals surface area contributed by atoms with Crippen LogP contribution in [0.15, 0.2) is 0 Å². The molecule has 0 heterocycles. The molecule has 10 nitrogen and oxygen atoms in total. The molecule has 0 aromatic rings. The topological polar surface area (TPSA) is 171 Å². The molecule has 7 N–H and O–H groups in total. The Bertz CT molecular complexity index is 727. The van der Waals surface area contributed by atoms with Gasteiger partial charge in [-0.3, -0.25) is 9.59 Å². The molecule has 0 spiro atoms. The molecule has 0 aromatic heterocycles. The summed E-state index contributed by atoms with van der Waals surface area (Å²) in [5, 5.41) is 33.7. The number of nitrogens with one attached hydrogen (secondary N) is 2. The maximum atomic E-state index is 13.0. The van der Waals surface area contributed by atoms with Gasteiger partial charge in [-0.15, -0.1) is 0 Å². The molecule has 0 bridgehead atoms. The lowest BCUT2D eigenvalue weighted by molar-refractivity contribution is -0.145. The lowest BCUT2D eigenvalue weighted by Crippen LogP contribution is -2.54. The SMILES string of the molecule is CC(C)C(NC(=O)OC(C)(C)C)C(=O)N[C@H]1C[C@@H]2C[C@@](N)(C(=O)O)[C@@H](CCCB(O)O)[C@@H]2C1. The molecule has 2 rings (SSSR count). The van der Waals surface area contributed by atoms with E-state index in [1.165, 1.54) is 0 Å². The van der Waals surface area contributed by atoms with Crippen molar-refractivity contribution >= 4 is 25.1 Å². The molecular formula is C22H40BN3O7. The van der Waals surface area contributed by atoms with Crippen LogP contribution in [0, 0.1) is 23.7 Å². The summed E-state index contributed by atoms with van der Waals surface area (Å²) in [5.41, 5.74) is 4.30. The quantitative estimate of drug-likeness (QED) is 0.273. The number of fused-ring (bicyclic) bond motifs is 1. The van der Waals surface area contributed by atoms with E-state index in [9.17, 15) is 19.5 Å². The first-order chi connectivity index (χ1) is 15.1. The summed E-state index contributed by atoms with van der Waals surface area (Å²) in [6, 6.07) is -0.895. The van der Waals surface area contributed by atoms with Crippen molar-refractivity contribution in [3.8, 4) is 0 Å². The summed E-state index contributed by atoms with van der Waals surface area (Å²) in [4.78, 5) is 37.1. The molecule has 0 aromatic carbocycles. The number of hydrogen-bond acceptors (Lipinski definition) is 7. The number of carbonyl (C=O) groups is 3. The van der Waals surface area contributed by atoms with Gasteiger partial charge in [-0.05, 0) is 76.4 Å². The minimum Gasteiger partial charge on any atom is -0.480 e. The van der Waals surface area contributed by atoms with Crippen molar-refractivity contribution in [3.05, 3.63) is 0 Å². The van der Waals surface area contributed by atoms with Crippen LogP contribution in [0.4, 0.5) is 4.79 Å². The third-order valence-electron chi connectivity index (χ3n) is 6.87. The molecule has 2 saturated carbocycles. The second-order valence-electron chi connectivity index (χ2n) is 11.0. The first-order valence-corrected chi connectivity index (χ1v) is 11.8. The molecule has 0 radical (unpaired) electrons. The number of carboxylic acid groups (broad SMARTS) is 1. The van der Waals surface area contributed by atoms with E-state index in [1.807, 2.05) is 13.8 Å². The van der Waals surface area contributed by atoms with Crippen molar-refractivity contribution in [1.82, 2.24) is 10.6 Å². The molecule has 11 heteroatoms. The molecule has 2 aliphatic rings. The Morgan fingerprint density at radius 2 is 1.85 bits per heavy atom. The molecule has 33 heavy (non-hydrogen) atoms. The number of amides is 2. The van der Waals surface area contributed by atoms with E-state index in [-0.39, 0.29) is 41.9 Å². The molecule has 6 atom stereocenters. The van der Waals surface area contributed by atoms with Gasteiger partial charge in [-0.1, -0.05) is 20.3 Å². The summed E-state index contributed by atoms with van der Waals surface area (Å²) in [6.07, 6.45) is 2.01. The van der Waals surface area contributed by atoms with E-state index in [0.29, 0.717) is 32.1 Å². The molecule has 2 aliphatic carbocycles. The van der Waals surface area contributed by atoms with E-state index in [0.717, 1.165) is 0 Å². The van der Waals surface area contributed by atoms with Gasteiger partial charge in [0.15, 0.2) is 0 Å². The zero-order valence-electron chi connectivity index (χ0n) is 20.3. The normalized spacial score (nSPS) is 30.0. The van der Waals surface area contributed by atoms with Crippen LogP contribution >= 0.6 is 0 Å². The van der Waals surface area contributed by atoms with Crippen molar-refractivity contribution in [2.45, 2.75) is 96.3 Å². The second kappa shape index (κ2) is 10.6. The maximum Gasteiger partial charge on any atom is 0.451 e. The van der Waals surface area contributed by atoms with Crippen molar-refractivity contribution in [2.75, 3.05) is 0 Å². The Balaban J connectivity index is 2.02. The molecule has 0 saturated heterocycles. The second-order valence-corrected chi connectivity index (χ2v) is 11.0. The van der Waals surface area contributed by atoms with Crippen LogP contribution in [0.5, 0.6) is 0 Å². The highest BCUT2D eigenvalue weighted by atomic mass is 16.6. The number of carboxylic acids is 1. The zero-order chi connectivity index (χ0) is 25.1. The number of rotatable bonds is 9. The van der Waals surface area contributed by atoms with Gasteiger partial charge in [-0.25, -0.2) is 4.79 Å². The fraction of sp³-hybridized carbons (Fsp3) is 0.864. The van der Waals surface area contributed by atoms with Crippen LogP contribution in [0.2, 0.25) is 6.32 Å². The predicted molar refractivity (Wildman–Crippen MR) is 123 cm³/mol. The van der Waals surface area contributed by atoms with Gasteiger partial charge < -0.3 is 36.3 Å². The van der Waals surface area contributed by atoms with Gasteiger partial charge in [0.05, 0.1) is 0 Å². The van der Waals surface area contributed by atoms with Crippen LogP contribution in [-0.2, 0) is 14.3 Å². The summed E-state index contributed by atoms with van der Waals surface area (Å²) in [6.45, 7) is 8.93. The third kappa shape index (κ3) is 7.07. The Morgan fingerprint density at radius 1 is 1.21 bits per heavy atom. The van der Waals surface area contributed by atoms with Gasteiger partial charge >= 0.3 is 19.2 Å². The number of carbonyl (C=O) groups excluding carboxylic acids is 2. The lowest BCUT2D eigenvalue weighted by Gasteiger charge is -2.31. The van der Waals surface area contributed by atoms with E-state index in [4.69, 9.17) is 20.5 Å². The summed E-state index contributed by atoms with van der Waals surface area (Å²) < 4.78 is 5.28. The number of nitrogens with two attached hydrogens (primary N) is 1. The largest absolute Gasteiger partial charge is 0.480 e. The zero-order valence-corrected chi connectivity index (χ0v) is 20.3. The third-order valence-corrected chi connectivity index (χ3v) is 6.87. The summed E-state index contributed by atoms with van der Waals surface area (Å²) in [7, 11) is -1.43. The number of aliphatic carboxylic acids is 1. The highest BCUT2D eigenvalue weighted by Gasteiger charge is 2.58. The van der Waals surface area contributed by atoms with Crippen LogP contribution in [-0.4, -0.2) is 63.5 Å². The van der Waals surface area contributed by atoms with E-state index < -0.39 is 36.4 Å². The molecular weight excluding hydrogens is 429 g/mol. The predicted octanol–water partition coefficient (Wildman–Crippen LogP) is 1.10. The molecule has 2 amide bonds. The van der Waals surface area contributed by atoms with Crippen molar-refractivity contribution in [3.63, 3.8) is 0 Å². The standard InChI is InChI=1S/C22H40BN3O7/c1-12(2)17(26-20(30)33-21(3,4)5)18(27)25-14-9-13-11-22(24,19(28)29)16(15(13)10-14)7-6-8-23(31)32/h12-17,31-32H,6-11,24H2,1-5H3,(H,25,27)(H,26,30)(H,28,29)/t13-,14+,15-,16+,17?,22+/m1/s1. The minimum atomic E-state index is -1.43. The average Bonchev–Trinajstić information content (AvgIpc) is 3.13. The minimum absolute atomic E-state index is 0.0311. The van der Waals surface area contributed by atoms with Gasteiger partial charge in [0.25, 0.3) is 0 Å². The van der Waals surface area contributed by atoms with Crippen LogP contribution < -0.4 is 16.4 Å². The van der Waals surface area contributed by atoms with E-state index in [1.54, 1.807) is 20.8 Å². The fourth-order valence-electron chi connectivity index (χ4n) is 5.47. The Morgan fingerprint density at radius 3 is 2.36 bits per heavy atom. The van der Waals surface area contributed by atoms with Gasteiger partial charge in [-0.2, -0.15) is 0 Å². The van der Waals surface area contributed by atoms with E-state index >= 15 is 0 Å². The number of alkyl carbamates (subject to hydrolysis) is 1. The van der Waals surface area contributed by atoms with Gasteiger partial charge in [0.2, 0.25) is 5.91 Å².